The third-order valence-electron chi connectivity index (χ3n) is 6.67. The minimum atomic E-state index is -3.05. The lowest BCUT2D eigenvalue weighted by molar-refractivity contribution is 0.437. The molecule has 1 N–H and O–H groups in total. The number of nitrogens with one attached hydrogen (secondary N) is 1. The van der Waals surface area contributed by atoms with Crippen LogP contribution < -0.4 is 4.74 Å². The molecule has 7 nitrogen and oxygen atoms in total. The molecule has 0 aromatic carbocycles. The van der Waals surface area contributed by atoms with E-state index in [4.69, 9.17) is 19.5 Å². The van der Waals surface area contributed by atoms with Crippen LogP contribution in [0.3, 0.4) is 0 Å². The molecule has 3 aromatic heterocycles. The molecule has 1 atom stereocenters. The fraction of sp³-hybridized carbons (Fsp3) is 0.385. The van der Waals surface area contributed by atoms with E-state index in [9.17, 15) is 9.47 Å². The summed E-state index contributed by atoms with van der Waals surface area (Å²) in [5.74, 6) is 1.79. The Morgan fingerprint density at radius 1 is 1.06 bits per heavy atom. The summed E-state index contributed by atoms with van der Waals surface area (Å²) in [4.78, 5) is 14.2. The Morgan fingerprint density at radius 3 is 2.50 bits per heavy atom. The van der Waals surface area contributed by atoms with Crippen molar-refractivity contribution in [1.82, 2.24) is 15.0 Å². The number of ether oxygens (including phenoxy) is 1. The number of nitrogens with zero attached hydrogens (tertiary/aromatic N) is 4. The van der Waals surface area contributed by atoms with Gasteiger partial charge in [-0.05, 0) is 75.3 Å². The maximum absolute atomic E-state index is 13.5. The topological polar surface area (TPSA) is 113 Å². The second kappa shape index (κ2) is 7.88. The third-order valence-corrected chi connectivity index (χ3v) is 9.05. The number of aryl methyl sites for hydroxylation is 1. The fourth-order valence-corrected chi connectivity index (χ4v) is 6.05. The highest BCUT2D eigenvalue weighted by molar-refractivity contribution is 7.93. The summed E-state index contributed by atoms with van der Waals surface area (Å²) < 4.78 is 28.6. The van der Waals surface area contributed by atoms with Gasteiger partial charge in [-0.15, -0.1) is 0 Å². The van der Waals surface area contributed by atoms with Gasteiger partial charge in [0.05, 0.1) is 26.7 Å². The SMILES string of the molecule is Cc1cc(C2CC2)nc(C2CC2)c1Oc1nc(-c2cncc(C#N)c2)ccc1S(=N)(=O)C1CC1. The van der Waals surface area contributed by atoms with E-state index >= 15 is 0 Å². The van der Waals surface area contributed by atoms with Crippen molar-refractivity contribution < 1.29 is 8.95 Å². The normalized spacial score (nSPS) is 19.3. The molecule has 3 aliphatic carbocycles. The molecular weight excluding hydrogens is 446 g/mol. The largest absolute Gasteiger partial charge is 0.436 e. The van der Waals surface area contributed by atoms with E-state index in [1.54, 1.807) is 24.4 Å². The van der Waals surface area contributed by atoms with Crippen LogP contribution >= 0.6 is 0 Å². The van der Waals surface area contributed by atoms with E-state index in [0.29, 0.717) is 39.3 Å². The predicted molar refractivity (Wildman–Crippen MR) is 127 cm³/mol. The molecule has 0 aliphatic heterocycles. The first kappa shape index (κ1) is 21.2. The van der Waals surface area contributed by atoms with Gasteiger partial charge in [0.1, 0.15) is 11.0 Å². The molecule has 3 saturated carbocycles. The maximum atomic E-state index is 13.5. The Hall–Kier alpha value is -3.31. The quantitative estimate of drug-likeness (QED) is 0.463. The van der Waals surface area contributed by atoms with Crippen LogP contribution in [0.1, 0.15) is 72.9 Å². The second-order valence-electron chi connectivity index (χ2n) is 9.60. The van der Waals surface area contributed by atoms with Crippen LogP contribution in [0.4, 0.5) is 0 Å². The summed E-state index contributed by atoms with van der Waals surface area (Å²) in [5, 5.41) is 9.10. The smallest absolute Gasteiger partial charge is 0.237 e. The zero-order chi connectivity index (χ0) is 23.4. The predicted octanol–water partition coefficient (Wildman–Crippen LogP) is 5.83. The molecule has 0 spiro atoms. The molecule has 172 valence electrons. The molecule has 0 amide bonds. The van der Waals surface area contributed by atoms with E-state index in [0.717, 1.165) is 42.6 Å². The molecule has 0 radical (unpaired) electrons. The lowest BCUT2D eigenvalue weighted by atomic mass is 10.1. The van der Waals surface area contributed by atoms with Gasteiger partial charge in [0.15, 0.2) is 5.75 Å². The van der Waals surface area contributed by atoms with Crippen molar-refractivity contribution in [1.29, 1.82) is 10.0 Å². The average molecular weight is 472 g/mol. The zero-order valence-electron chi connectivity index (χ0n) is 19.0. The lowest BCUT2D eigenvalue weighted by Crippen LogP contribution is -2.10. The third kappa shape index (κ3) is 3.94. The van der Waals surface area contributed by atoms with Crippen molar-refractivity contribution in [2.45, 2.75) is 67.4 Å². The van der Waals surface area contributed by atoms with Crippen molar-refractivity contribution in [2.75, 3.05) is 0 Å². The van der Waals surface area contributed by atoms with Gasteiger partial charge in [0.25, 0.3) is 0 Å². The van der Waals surface area contributed by atoms with Gasteiger partial charge in [-0.25, -0.2) is 14.0 Å². The number of rotatable bonds is 7. The maximum Gasteiger partial charge on any atom is 0.237 e. The molecule has 1 unspecified atom stereocenters. The summed E-state index contributed by atoms with van der Waals surface area (Å²) in [6, 6.07) is 9.34. The molecule has 3 aromatic rings. The first-order valence-electron chi connectivity index (χ1n) is 11.8. The lowest BCUT2D eigenvalue weighted by Gasteiger charge is -2.18. The average Bonchev–Trinajstić information content (AvgIpc) is 3.69. The minimum absolute atomic E-state index is 0.162. The number of pyridine rings is 3. The van der Waals surface area contributed by atoms with E-state index in [1.165, 1.54) is 19.0 Å². The standard InChI is InChI=1S/C26H25N5O2S/c1-15-10-22(17-2-3-17)30-24(18-4-5-18)25(15)33-26-23(34(28,32)20-6-7-20)9-8-21(31-26)19-11-16(12-27)13-29-14-19/h8-11,13-14,17-18,20,28H,2-7H2,1H3. The molecular formula is C26H25N5O2S. The van der Waals surface area contributed by atoms with Crippen LogP contribution in [0.2, 0.25) is 0 Å². The molecule has 3 fully saturated rings. The fourth-order valence-electron chi connectivity index (χ4n) is 4.28. The van der Waals surface area contributed by atoms with Gasteiger partial charge in [0, 0.05) is 40.7 Å². The van der Waals surface area contributed by atoms with E-state index in [-0.39, 0.29) is 11.1 Å². The molecule has 3 aliphatic rings. The summed E-state index contributed by atoms with van der Waals surface area (Å²) >= 11 is 0. The Bertz CT molecular complexity index is 1450. The first-order valence-corrected chi connectivity index (χ1v) is 13.4. The van der Waals surface area contributed by atoms with Crippen LogP contribution in [-0.2, 0) is 9.73 Å². The number of hydrogen-bond acceptors (Lipinski definition) is 7. The molecule has 6 rings (SSSR count). The Kier molecular flexibility index (Phi) is 4.92. The van der Waals surface area contributed by atoms with Gasteiger partial charge < -0.3 is 4.74 Å². The number of nitriles is 1. The monoisotopic (exact) mass is 471 g/mol. The molecule has 8 heteroatoms. The highest BCUT2D eigenvalue weighted by Gasteiger charge is 2.37. The Morgan fingerprint density at radius 2 is 1.82 bits per heavy atom. The summed E-state index contributed by atoms with van der Waals surface area (Å²) in [7, 11) is -3.05. The van der Waals surface area contributed by atoms with Crippen molar-refractivity contribution in [2.24, 2.45) is 0 Å². The molecule has 34 heavy (non-hydrogen) atoms. The zero-order valence-corrected chi connectivity index (χ0v) is 19.8. The highest BCUT2D eigenvalue weighted by atomic mass is 32.2. The summed E-state index contributed by atoms with van der Waals surface area (Å²) in [6.07, 6.45) is 9.23. The minimum Gasteiger partial charge on any atom is -0.436 e. The van der Waals surface area contributed by atoms with E-state index in [1.807, 2.05) is 6.92 Å². The Labute approximate surface area is 199 Å². The van der Waals surface area contributed by atoms with Gasteiger partial charge in [-0.1, -0.05) is 0 Å². The van der Waals surface area contributed by atoms with Crippen molar-refractivity contribution in [3.05, 3.63) is 59.2 Å². The van der Waals surface area contributed by atoms with Crippen LogP contribution in [0.15, 0.2) is 41.6 Å². The van der Waals surface area contributed by atoms with Gasteiger partial charge in [-0.3, -0.25) is 9.97 Å². The van der Waals surface area contributed by atoms with Crippen LogP contribution in [-0.4, -0.2) is 24.4 Å². The van der Waals surface area contributed by atoms with Crippen LogP contribution in [0, 0.1) is 23.0 Å². The van der Waals surface area contributed by atoms with Crippen molar-refractivity contribution in [3.8, 4) is 29.0 Å². The van der Waals surface area contributed by atoms with E-state index in [2.05, 4.69) is 17.1 Å². The van der Waals surface area contributed by atoms with Crippen LogP contribution in [0.5, 0.6) is 11.6 Å². The summed E-state index contributed by atoms with van der Waals surface area (Å²) in [5.41, 5.74) is 4.74. The molecule has 0 saturated heterocycles. The highest BCUT2D eigenvalue weighted by Crippen LogP contribution is 2.49. The number of aromatic nitrogens is 3. The van der Waals surface area contributed by atoms with Gasteiger partial charge in [0.2, 0.25) is 5.88 Å². The first-order chi connectivity index (χ1) is 16.4. The van der Waals surface area contributed by atoms with Crippen molar-refractivity contribution in [3.63, 3.8) is 0 Å². The second-order valence-corrected chi connectivity index (χ2v) is 11.9. The summed E-state index contributed by atoms with van der Waals surface area (Å²) in [6.45, 7) is 2.03. The van der Waals surface area contributed by atoms with Gasteiger partial charge >= 0.3 is 0 Å². The number of hydrogen-bond donors (Lipinski definition) is 1. The van der Waals surface area contributed by atoms with Crippen molar-refractivity contribution >= 4 is 9.73 Å². The van der Waals surface area contributed by atoms with Crippen LogP contribution in [0.25, 0.3) is 11.3 Å². The van der Waals surface area contributed by atoms with Gasteiger partial charge in [-0.2, -0.15) is 5.26 Å². The molecule has 0 bridgehead atoms. The Balaban J connectivity index is 1.47. The molecule has 3 heterocycles. The van der Waals surface area contributed by atoms with E-state index < -0.39 is 9.73 Å².